The summed E-state index contributed by atoms with van der Waals surface area (Å²) in [6.07, 6.45) is -2.50. The Balaban J connectivity index is 2.11. The van der Waals surface area contributed by atoms with Gasteiger partial charge in [0.2, 0.25) is 0 Å². The second-order valence-electron chi connectivity index (χ2n) is 5.05. The van der Waals surface area contributed by atoms with Gasteiger partial charge >= 0.3 is 6.18 Å². The number of amides is 1. The fraction of sp³-hybridized carbons (Fsp3) is 0.235. The topological polar surface area (TPSA) is 29.1 Å². The Kier molecular flexibility index (Phi) is 5.36. The number of nitrogens with one attached hydrogen (secondary N) is 1. The van der Waals surface area contributed by atoms with E-state index in [4.69, 9.17) is 0 Å². The lowest BCUT2D eigenvalue weighted by atomic mass is 10.1. The van der Waals surface area contributed by atoms with Gasteiger partial charge in [-0.1, -0.05) is 18.2 Å². The fourth-order valence-electron chi connectivity index (χ4n) is 2.09. The molecule has 1 unspecified atom stereocenters. The molecule has 0 aromatic heterocycles. The lowest BCUT2D eigenvalue weighted by Gasteiger charge is -2.15. The number of carbonyl (C=O) groups excluding carboxylic acids is 1. The number of hydrogen-bond acceptors (Lipinski definition) is 2. The second-order valence-corrected chi connectivity index (χ2v) is 5.93. The van der Waals surface area contributed by atoms with Crippen LogP contribution in [0, 0.1) is 0 Å². The predicted octanol–water partition coefficient (Wildman–Crippen LogP) is 4.92. The zero-order chi connectivity index (χ0) is 17.0. The molecule has 23 heavy (non-hydrogen) atoms. The van der Waals surface area contributed by atoms with Crippen LogP contribution >= 0.6 is 11.8 Å². The highest BCUT2D eigenvalue weighted by molar-refractivity contribution is 7.98. The fourth-order valence-corrected chi connectivity index (χ4v) is 2.50. The summed E-state index contributed by atoms with van der Waals surface area (Å²) < 4.78 is 38.1. The first-order chi connectivity index (χ1) is 10.8. The van der Waals surface area contributed by atoms with Crippen molar-refractivity contribution in [3.8, 4) is 0 Å². The van der Waals surface area contributed by atoms with Gasteiger partial charge in [-0.25, -0.2) is 0 Å². The summed E-state index contributed by atoms with van der Waals surface area (Å²) in [5.74, 6) is -0.530. The Hall–Kier alpha value is -1.95. The molecular weight excluding hydrogens is 323 g/mol. The molecule has 0 heterocycles. The highest BCUT2D eigenvalue weighted by atomic mass is 32.2. The molecular formula is C17H16F3NOS. The van der Waals surface area contributed by atoms with Crippen molar-refractivity contribution in [3.63, 3.8) is 0 Å². The molecule has 2 nitrogen and oxygen atoms in total. The smallest absolute Gasteiger partial charge is 0.346 e. The van der Waals surface area contributed by atoms with Crippen LogP contribution in [0.4, 0.5) is 13.2 Å². The number of alkyl halides is 3. The molecule has 1 amide bonds. The van der Waals surface area contributed by atoms with Crippen LogP contribution in [0.25, 0.3) is 0 Å². The molecule has 1 atom stereocenters. The van der Waals surface area contributed by atoms with Gasteiger partial charge in [0.05, 0.1) is 11.6 Å². The van der Waals surface area contributed by atoms with E-state index >= 15 is 0 Å². The normalized spacial score (nSPS) is 12.7. The van der Waals surface area contributed by atoms with Crippen LogP contribution in [-0.4, -0.2) is 12.2 Å². The summed E-state index contributed by atoms with van der Waals surface area (Å²) in [5, 5.41) is 2.72. The van der Waals surface area contributed by atoms with Crippen LogP contribution in [0.5, 0.6) is 0 Å². The number of hydrogen-bond donors (Lipinski definition) is 1. The highest BCUT2D eigenvalue weighted by Crippen LogP contribution is 2.29. The van der Waals surface area contributed by atoms with Crippen LogP contribution in [-0.2, 0) is 6.18 Å². The Morgan fingerprint density at radius 2 is 1.78 bits per heavy atom. The summed E-state index contributed by atoms with van der Waals surface area (Å²) in [4.78, 5) is 13.3. The summed E-state index contributed by atoms with van der Waals surface area (Å²) in [5.41, 5.74) is 0.0534. The summed E-state index contributed by atoms with van der Waals surface area (Å²) in [6, 6.07) is 11.8. The van der Waals surface area contributed by atoms with E-state index < -0.39 is 17.6 Å². The maximum absolute atomic E-state index is 12.7. The maximum atomic E-state index is 12.7. The molecule has 2 aromatic carbocycles. The summed E-state index contributed by atoms with van der Waals surface area (Å²) in [6.45, 7) is 1.79. The van der Waals surface area contributed by atoms with Crippen LogP contribution in [0.15, 0.2) is 53.4 Å². The van der Waals surface area contributed by atoms with Crippen molar-refractivity contribution >= 4 is 17.7 Å². The number of benzene rings is 2. The van der Waals surface area contributed by atoms with Crippen LogP contribution < -0.4 is 5.32 Å². The van der Waals surface area contributed by atoms with Crippen molar-refractivity contribution < 1.29 is 18.0 Å². The van der Waals surface area contributed by atoms with E-state index in [0.29, 0.717) is 0 Å². The lowest BCUT2D eigenvalue weighted by Crippen LogP contribution is -2.26. The molecule has 122 valence electrons. The third-order valence-corrected chi connectivity index (χ3v) is 4.16. The third-order valence-electron chi connectivity index (χ3n) is 3.42. The average Bonchev–Trinajstić information content (AvgIpc) is 2.54. The molecule has 0 aliphatic rings. The molecule has 0 fully saturated rings. The van der Waals surface area contributed by atoms with E-state index in [1.165, 1.54) is 12.1 Å². The van der Waals surface area contributed by atoms with E-state index in [-0.39, 0.29) is 11.6 Å². The Morgan fingerprint density at radius 3 is 2.35 bits per heavy atom. The van der Waals surface area contributed by atoms with Crippen LogP contribution in [0.3, 0.4) is 0 Å². The molecule has 0 saturated carbocycles. The zero-order valence-corrected chi connectivity index (χ0v) is 13.5. The average molecular weight is 339 g/mol. The van der Waals surface area contributed by atoms with Gasteiger partial charge in [-0.2, -0.15) is 13.2 Å². The van der Waals surface area contributed by atoms with Crippen LogP contribution in [0.2, 0.25) is 0 Å². The largest absolute Gasteiger partial charge is 0.416 e. The maximum Gasteiger partial charge on any atom is 0.416 e. The SMILES string of the molecule is CSc1ccc(C(C)NC(=O)c2cccc(C(F)(F)F)c2)cc1. The van der Waals surface area contributed by atoms with E-state index in [1.807, 2.05) is 30.5 Å². The van der Waals surface area contributed by atoms with Gasteiger partial charge in [0.25, 0.3) is 5.91 Å². The number of halogens is 3. The molecule has 0 aliphatic carbocycles. The van der Waals surface area contributed by atoms with Crippen molar-refractivity contribution in [1.29, 1.82) is 0 Å². The Labute approximate surface area is 137 Å². The molecule has 0 aliphatic heterocycles. The van der Waals surface area contributed by atoms with Crippen molar-refractivity contribution in [2.75, 3.05) is 6.26 Å². The van der Waals surface area contributed by atoms with E-state index in [0.717, 1.165) is 22.6 Å². The molecule has 1 N–H and O–H groups in total. The van der Waals surface area contributed by atoms with E-state index in [9.17, 15) is 18.0 Å². The first kappa shape index (κ1) is 17.4. The zero-order valence-electron chi connectivity index (χ0n) is 12.6. The van der Waals surface area contributed by atoms with Gasteiger partial charge in [-0.15, -0.1) is 11.8 Å². The third kappa shape index (κ3) is 4.51. The van der Waals surface area contributed by atoms with E-state index in [1.54, 1.807) is 18.7 Å². The standard InChI is InChI=1S/C17H16F3NOS/c1-11(12-6-8-15(23-2)9-7-12)21-16(22)13-4-3-5-14(10-13)17(18,19)20/h3-11H,1-2H3,(H,21,22). The van der Waals surface area contributed by atoms with Crippen molar-refractivity contribution in [3.05, 3.63) is 65.2 Å². The van der Waals surface area contributed by atoms with Crippen LogP contribution in [0.1, 0.15) is 34.5 Å². The first-order valence-corrected chi connectivity index (χ1v) is 8.16. The molecule has 0 radical (unpaired) electrons. The number of carbonyl (C=O) groups is 1. The molecule has 6 heteroatoms. The van der Waals surface area contributed by atoms with Gasteiger partial charge in [0.1, 0.15) is 0 Å². The van der Waals surface area contributed by atoms with Gasteiger partial charge in [-0.05, 0) is 49.1 Å². The van der Waals surface area contributed by atoms with Gasteiger partial charge in [0, 0.05) is 10.5 Å². The number of thioether (sulfide) groups is 1. The molecule has 0 bridgehead atoms. The minimum atomic E-state index is -4.46. The van der Waals surface area contributed by atoms with Crippen molar-refractivity contribution in [2.45, 2.75) is 24.0 Å². The first-order valence-electron chi connectivity index (χ1n) is 6.93. The summed E-state index contributed by atoms with van der Waals surface area (Å²) >= 11 is 1.61. The minimum absolute atomic E-state index is 0.00703. The van der Waals surface area contributed by atoms with Gasteiger partial charge < -0.3 is 5.32 Å². The van der Waals surface area contributed by atoms with Gasteiger partial charge in [0.15, 0.2) is 0 Å². The summed E-state index contributed by atoms with van der Waals surface area (Å²) in [7, 11) is 0. The quantitative estimate of drug-likeness (QED) is 0.801. The lowest BCUT2D eigenvalue weighted by molar-refractivity contribution is -0.137. The molecule has 2 rings (SSSR count). The predicted molar refractivity (Wildman–Crippen MR) is 85.5 cm³/mol. The Bertz CT molecular complexity index is 683. The minimum Gasteiger partial charge on any atom is -0.346 e. The Morgan fingerprint density at radius 1 is 1.13 bits per heavy atom. The van der Waals surface area contributed by atoms with Crippen molar-refractivity contribution in [1.82, 2.24) is 5.32 Å². The van der Waals surface area contributed by atoms with E-state index in [2.05, 4.69) is 5.32 Å². The molecule has 0 spiro atoms. The second kappa shape index (κ2) is 7.08. The monoisotopic (exact) mass is 339 g/mol. The number of rotatable bonds is 4. The highest BCUT2D eigenvalue weighted by Gasteiger charge is 2.30. The van der Waals surface area contributed by atoms with Crippen molar-refractivity contribution in [2.24, 2.45) is 0 Å². The molecule has 2 aromatic rings. The molecule has 0 saturated heterocycles. The van der Waals surface area contributed by atoms with Gasteiger partial charge in [-0.3, -0.25) is 4.79 Å².